The average Bonchev–Trinajstić information content (AvgIpc) is 2.97. The van der Waals surface area contributed by atoms with Crippen LogP contribution in [0.3, 0.4) is 0 Å². The van der Waals surface area contributed by atoms with Crippen LogP contribution in [0.4, 0.5) is 10.3 Å². The van der Waals surface area contributed by atoms with Gasteiger partial charge in [0, 0.05) is 19.8 Å². The number of rotatable bonds is 4. The van der Waals surface area contributed by atoms with Gasteiger partial charge in [-0.25, -0.2) is 8.91 Å². The van der Waals surface area contributed by atoms with E-state index in [4.69, 9.17) is 4.74 Å². The van der Waals surface area contributed by atoms with Gasteiger partial charge in [-0.2, -0.15) is 4.98 Å². The summed E-state index contributed by atoms with van der Waals surface area (Å²) in [6.07, 6.45) is 3.49. The molecule has 1 aliphatic heterocycles. The van der Waals surface area contributed by atoms with Crippen molar-refractivity contribution in [1.82, 2.24) is 14.6 Å². The predicted octanol–water partition coefficient (Wildman–Crippen LogP) is 1.71. The zero-order valence-corrected chi connectivity index (χ0v) is 9.97. The first-order chi connectivity index (χ1) is 8.81. The molecule has 0 spiro atoms. The van der Waals surface area contributed by atoms with Crippen molar-refractivity contribution in [1.29, 1.82) is 0 Å². The molecule has 6 heteroatoms. The van der Waals surface area contributed by atoms with Crippen LogP contribution in [0.1, 0.15) is 12.8 Å². The number of aromatic nitrogens is 3. The van der Waals surface area contributed by atoms with Crippen molar-refractivity contribution in [2.75, 3.05) is 25.1 Å². The van der Waals surface area contributed by atoms with E-state index in [-0.39, 0.29) is 5.82 Å². The van der Waals surface area contributed by atoms with E-state index in [0.717, 1.165) is 32.6 Å². The molecule has 0 radical (unpaired) electrons. The van der Waals surface area contributed by atoms with Crippen LogP contribution in [-0.2, 0) is 4.74 Å². The number of ether oxygens (including phenoxy) is 1. The fourth-order valence-electron chi connectivity index (χ4n) is 2.13. The minimum absolute atomic E-state index is 0.318. The summed E-state index contributed by atoms with van der Waals surface area (Å²) in [5.74, 6) is 0.855. The number of nitrogens with zero attached hydrogens (tertiary/aromatic N) is 3. The highest BCUT2D eigenvalue weighted by Gasteiger charge is 2.15. The Hall–Kier alpha value is -1.69. The third kappa shape index (κ3) is 2.43. The summed E-state index contributed by atoms with van der Waals surface area (Å²) < 4.78 is 19.7. The molecule has 0 aliphatic carbocycles. The first kappa shape index (κ1) is 11.4. The van der Waals surface area contributed by atoms with Crippen molar-refractivity contribution < 1.29 is 9.13 Å². The molecule has 3 heterocycles. The number of nitrogens with one attached hydrogen (secondary N) is 1. The van der Waals surface area contributed by atoms with Crippen LogP contribution in [0.2, 0.25) is 0 Å². The molecular weight excluding hydrogens is 235 g/mol. The molecule has 3 rings (SSSR count). The molecule has 1 aliphatic rings. The van der Waals surface area contributed by atoms with Gasteiger partial charge in [0.25, 0.3) is 0 Å². The van der Waals surface area contributed by atoms with Crippen LogP contribution in [0, 0.1) is 11.7 Å². The first-order valence-corrected chi connectivity index (χ1v) is 6.15. The zero-order valence-electron chi connectivity index (χ0n) is 9.97. The second-order valence-electron chi connectivity index (χ2n) is 4.53. The van der Waals surface area contributed by atoms with Gasteiger partial charge >= 0.3 is 0 Å². The van der Waals surface area contributed by atoms with Crippen LogP contribution in [0.25, 0.3) is 5.65 Å². The summed E-state index contributed by atoms with van der Waals surface area (Å²) in [5.41, 5.74) is 0.642. The van der Waals surface area contributed by atoms with Gasteiger partial charge in [-0.15, -0.1) is 5.10 Å². The highest BCUT2D eigenvalue weighted by molar-refractivity contribution is 5.42. The molecule has 1 unspecified atom stereocenters. The van der Waals surface area contributed by atoms with Crippen molar-refractivity contribution in [3.63, 3.8) is 0 Å². The van der Waals surface area contributed by atoms with Gasteiger partial charge in [0.15, 0.2) is 5.65 Å². The van der Waals surface area contributed by atoms with Crippen LogP contribution >= 0.6 is 0 Å². The smallest absolute Gasteiger partial charge is 0.243 e. The molecule has 0 saturated carbocycles. The third-order valence-corrected chi connectivity index (χ3v) is 3.15. The van der Waals surface area contributed by atoms with Gasteiger partial charge in [0.2, 0.25) is 5.95 Å². The Morgan fingerprint density at radius 3 is 3.28 bits per heavy atom. The van der Waals surface area contributed by atoms with E-state index in [1.165, 1.54) is 16.8 Å². The van der Waals surface area contributed by atoms with Gasteiger partial charge < -0.3 is 10.1 Å². The third-order valence-electron chi connectivity index (χ3n) is 3.15. The molecule has 2 aromatic rings. The van der Waals surface area contributed by atoms with E-state index in [1.54, 1.807) is 6.07 Å². The van der Waals surface area contributed by atoms with E-state index < -0.39 is 0 Å². The Morgan fingerprint density at radius 2 is 2.44 bits per heavy atom. The lowest BCUT2D eigenvalue weighted by Gasteiger charge is -2.06. The fourth-order valence-corrected chi connectivity index (χ4v) is 2.13. The highest BCUT2D eigenvalue weighted by atomic mass is 19.1. The highest BCUT2D eigenvalue weighted by Crippen LogP contribution is 2.16. The topological polar surface area (TPSA) is 51.5 Å². The van der Waals surface area contributed by atoms with E-state index in [2.05, 4.69) is 15.4 Å². The van der Waals surface area contributed by atoms with Crippen molar-refractivity contribution in [3.05, 3.63) is 24.1 Å². The second kappa shape index (κ2) is 4.89. The van der Waals surface area contributed by atoms with E-state index in [0.29, 0.717) is 17.5 Å². The standard InChI is InChI=1S/C12H15FN4O/c13-10-1-2-11-15-12(16-17(11)7-10)14-5-3-9-4-6-18-8-9/h1-2,7,9H,3-6,8H2,(H,14,16). The molecule has 1 fully saturated rings. The molecule has 5 nitrogen and oxygen atoms in total. The Morgan fingerprint density at radius 1 is 1.50 bits per heavy atom. The summed E-state index contributed by atoms with van der Waals surface area (Å²) in [6, 6.07) is 2.99. The van der Waals surface area contributed by atoms with E-state index in [1.807, 2.05) is 0 Å². The van der Waals surface area contributed by atoms with Crippen molar-refractivity contribution in [3.8, 4) is 0 Å². The molecule has 0 aromatic carbocycles. The second-order valence-corrected chi connectivity index (χ2v) is 4.53. The Kier molecular flexibility index (Phi) is 3.10. The van der Waals surface area contributed by atoms with Crippen molar-refractivity contribution in [2.45, 2.75) is 12.8 Å². The average molecular weight is 250 g/mol. The van der Waals surface area contributed by atoms with Crippen LogP contribution in [-0.4, -0.2) is 34.4 Å². The minimum Gasteiger partial charge on any atom is -0.381 e. The van der Waals surface area contributed by atoms with Gasteiger partial charge in [-0.1, -0.05) is 0 Å². The number of anilines is 1. The van der Waals surface area contributed by atoms with Crippen molar-refractivity contribution in [2.24, 2.45) is 5.92 Å². The maximum Gasteiger partial charge on any atom is 0.243 e. The maximum absolute atomic E-state index is 13.0. The van der Waals surface area contributed by atoms with Crippen LogP contribution < -0.4 is 5.32 Å². The van der Waals surface area contributed by atoms with Gasteiger partial charge in [-0.3, -0.25) is 0 Å². The number of hydrogen-bond donors (Lipinski definition) is 1. The fraction of sp³-hybridized carbons (Fsp3) is 0.500. The summed E-state index contributed by atoms with van der Waals surface area (Å²) in [5, 5.41) is 7.32. The molecular formula is C12H15FN4O. The summed E-state index contributed by atoms with van der Waals surface area (Å²) in [7, 11) is 0. The lowest BCUT2D eigenvalue weighted by molar-refractivity contribution is 0.185. The molecule has 96 valence electrons. The SMILES string of the molecule is Fc1ccc2nc(NCCC3CCOC3)nn2c1. The molecule has 0 bridgehead atoms. The maximum atomic E-state index is 13.0. The largest absolute Gasteiger partial charge is 0.381 e. The Labute approximate surface area is 104 Å². The molecule has 1 N–H and O–H groups in total. The van der Waals surface area contributed by atoms with Gasteiger partial charge in [-0.05, 0) is 30.9 Å². The van der Waals surface area contributed by atoms with Gasteiger partial charge in [0.1, 0.15) is 5.82 Å². The van der Waals surface area contributed by atoms with E-state index >= 15 is 0 Å². The zero-order chi connectivity index (χ0) is 12.4. The quantitative estimate of drug-likeness (QED) is 0.897. The minimum atomic E-state index is -0.318. The number of pyridine rings is 1. The number of fused-ring (bicyclic) bond motifs is 1. The number of hydrogen-bond acceptors (Lipinski definition) is 4. The van der Waals surface area contributed by atoms with Crippen LogP contribution in [0.15, 0.2) is 18.3 Å². The van der Waals surface area contributed by atoms with Crippen LogP contribution in [0.5, 0.6) is 0 Å². The Bertz CT molecular complexity index is 536. The predicted molar refractivity (Wildman–Crippen MR) is 65.0 cm³/mol. The Balaban J connectivity index is 1.60. The first-order valence-electron chi connectivity index (χ1n) is 6.15. The normalized spacial score (nSPS) is 19.5. The lowest BCUT2D eigenvalue weighted by Crippen LogP contribution is -2.09. The summed E-state index contributed by atoms with van der Waals surface area (Å²) >= 11 is 0. The molecule has 2 aromatic heterocycles. The number of halogens is 1. The van der Waals surface area contributed by atoms with Crippen molar-refractivity contribution >= 4 is 11.6 Å². The summed E-state index contributed by atoms with van der Waals surface area (Å²) in [6.45, 7) is 2.54. The molecule has 1 atom stereocenters. The van der Waals surface area contributed by atoms with Gasteiger partial charge in [0.05, 0.1) is 6.20 Å². The molecule has 0 amide bonds. The monoisotopic (exact) mass is 250 g/mol. The summed E-state index contributed by atoms with van der Waals surface area (Å²) in [4.78, 5) is 4.26. The molecule has 18 heavy (non-hydrogen) atoms. The molecule has 1 saturated heterocycles. The lowest BCUT2D eigenvalue weighted by atomic mass is 10.1. The van der Waals surface area contributed by atoms with E-state index in [9.17, 15) is 4.39 Å².